The summed E-state index contributed by atoms with van der Waals surface area (Å²) in [6, 6.07) is 11.3. The fourth-order valence-corrected chi connectivity index (χ4v) is 1.63. The Labute approximate surface area is 105 Å². The second-order valence-corrected chi connectivity index (χ2v) is 3.77. The van der Waals surface area contributed by atoms with E-state index in [1.54, 1.807) is 17.0 Å². The lowest BCUT2D eigenvalue weighted by molar-refractivity contribution is 0.879. The number of allylic oxidation sites excluding steroid dienone is 1. The Kier molecular flexibility index (Phi) is 3.22. The van der Waals surface area contributed by atoms with Crippen LogP contribution in [0.25, 0.3) is 11.8 Å². The molecule has 0 amide bonds. The van der Waals surface area contributed by atoms with Crippen LogP contribution in [0.5, 0.6) is 0 Å². The second kappa shape index (κ2) is 4.99. The van der Waals surface area contributed by atoms with E-state index in [1.807, 2.05) is 49.5 Å². The fourth-order valence-electron chi connectivity index (χ4n) is 1.63. The van der Waals surface area contributed by atoms with Crippen molar-refractivity contribution in [1.82, 2.24) is 9.78 Å². The van der Waals surface area contributed by atoms with Crippen molar-refractivity contribution in [3.63, 3.8) is 0 Å². The first-order valence-corrected chi connectivity index (χ1v) is 5.37. The standard InChI is InChI=1S/C14H10N4/c1-11-7-14(18-6-2-5-17-18)4-3-13(11)8-12(9-15)10-16/h2-8H,1H3. The first kappa shape index (κ1) is 11.6. The summed E-state index contributed by atoms with van der Waals surface area (Å²) in [5.74, 6) is 0. The quantitative estimate of drug-likeness (QED) is 0.750. The maximum absolute atomic E-state index is 8.73. The van der Waals surface area contributed by atoms with Gasteiger partial charge in [0.1, 0.15) is 17.7 Å². The summed E-state index contributed by atoms with van der Waals surface area (Å²) in [5, 5.41) is 21.6. The summed E-state index contributed by atoms with van der Waals surface area (Å²) in [6.07, 6.45) is 5.16. The number of aryl methyl sites for hydroxylation is 1. The van der Waals surface area contributed by atoms with Crippen LogP contribution < -0.4 is 0 Å². The van der Waals surface area contributed by atoms with Crippen LogP contribution in [0.4, 0.5) is 0 Å². The Bertz CT molecular complexity index is 651. The van der Waals surface area contributed by atoms with E-state index in [4.69, 9.17) is 10.5 Å². The maximum Gasteiger partial charge on any atom is 0.130 e. The van der Waals surface area contributed by atoms with E-state index in [-0.39, 0.29) is 5.57 Å². The lowest BCUT2D eigenvalue weighted by atomic mass is 10.1. The van der Waals surface area contributed by atoms with Gasteiger partial charge in [-0.1, -0.05) is 6.07 Å². The van der Waals surface area contributed by atoms with Crippen LogP contribution in [0.3, 0.4) is 0 Å². The first-order chi connectivity index (χ1) is 8.74. The number of nitrogens with zero attached hydrogens (tertiary/aromatic N) is 4. The van der Waals surface area contributed by atoms with Crippen molar-refractivity contribution in [3.05, 3.63) is 53.4 Å². The zero-order chi connectivity index (χ0) is 13.0. The lowest BCUT2D eigenvalue weighted by Crippen LogP contribution is -1.95. The van der Waals surface area contributed by atoms with Crippen LogP contribution in [0.2, 0.25) is 0 Å². The van der Waals surface area contributed by atoms with Gasteiger partial charge in [-0.3, -0.25) is 0 Å². The van der Waals surface area contributed by atoms with Crippen molar-refractivity contribution in [2.45, 2.75) is 6.92 Å². The Hall–Kier alpha value is -2.85. The fraction of sp³-hybridized carbons (Fsp3) is 0.0714. The van der Waals surface area contributed by atoms with Gasteiger partial charge >= 0.3 is 0 Å². The van der Waals surface area contributed by atoms with E-state index in [0.717, 1.165) is 16.8 Å². The van der Waals surface area contributed by atoms with Crippen molar-refractivity contribution in [2.24, 2.45) is 0 Å². The average molecular weight is 234 g/mol. The van der Waals surface area contributed by atoms with E-state index in [9.17, 15) is 0 Å². The summed E-state index contributed by atoms with van der Waals surface area (Å²) in [5.41, 5.74) is 2.91. The molecule has 0 aliphatic heterocycles. The summed E-state index contributed by atoms with van der Waals surface area (Å²) in [6.45, 7) is 1.94. The SMILES string of the molecule is Cc1cc(-n2cccn2)ccc1C=C(C#N)C#N. The van der Waals surface area contributed by atoms with Crippen LogP contribution >= 0.6 is 0 Å². The lowest BCUT2D eigenvalue weighted by Gasteiger charge is -2.05. The van der Waals surface area contributed by atoms with Gasteiger partial charge in [-0.15, -0.1) is 0 Å². The molecule has 4 heteroatoms. The number of rotatable bonds is 2. The Morgan fingerprint density at radius 1 is 1.33 bits per heavy atom. The average Bonchev–Trinajstić information content (AvgIpc) is 2.91. The number of benzene rings is 1. The molecule has 0 aliphatic rings. The predicted molar refractivity (Wildman–Crippen MR) is 67.5 cm³/mol. The molecule has 2 rings (SSSR count). The summed E-state index contributed by atoms with van der Waals surface area (Å²) in [4.78, 5) is 0. The highest BCUT2D eigenvalue weighted by atomic mass is 15.3. The van der Waals surface area contributed by atoms with Gasteiger partial charge in [0.15, 0.2) is 0 Å². The number of aromatic nitrogens is 2. The van der Waals surface area contributed by atoms with Gasteiger partial charge < -0.3 is 0 Å². The van der Waals surface area contributed by atoms with E-state index < -0.39 is 0 Å². The van der Waals surface area contributed by atoms with Gasteiger partial charge in [-0.25, -0.2) is 4.68 Å². The van der Waals surface area contributed by atoms with Gasteiger partial charge in [0.25, 0.3) is 0 Å². The van der Waals surface area contributed by atoms with Crippen LogP contribution in [0, 0.1) is 29.6 Å². The van der Waals surface area contributed by atoms with Crippen molar-refractivity contribution in [2.75, 3.05) is 0 Å². The Morgan fingerprint density at radius 2 is 2.11 bits per heavy atom. The van der Waals surface area contributed by atoms with E-state index in [2.05, 4.69) is 5.10 Å². The number of nitriles is 2. The molecule has 0 radical (unpaired) electrons. The maximum atomic E-state index is 8.73. The summed E-state index contributed by atoms with van der Waals surface area (Å²) >= 11 is 0. The Morgan fingerprint density at radius 3 is 2.67 bits per heavy atom. The minimum absolute atomic E-state index is 0.102. The number of hydrogen-bond acceptors (Lipinski definition) is 3. The predicted octanol–water partition coefficient (Wildman–Crippen LogP) is 2.61. The molecule has 0 fully saturated rings. The van der Waals surface area contributed by atoms with E-state index in [1.165, 1.54) is 0 Å². The molecule has 1 aromatic heterocycles. The molecular formula is C14H10N4. The molecule has 2 aromatic rings. The molecule has 0 N–H and O–H groups in total. The molecule has 0 saturated heterocycles. The number of hydrogen-bond donors (Lipinski definition) is 0. The third-order valence-electron chi connectivity index (χ3n) is 2.56. The summed E-state index contributed by atoms with van der Waals surface area (Å²) in [7, 11) is 0. The first-order valence-electron chi connectivity index (χ1n) is 5.37. The normalized spacial score (nSPS) is 9.28. The summed E-state index contributed by atoms with van der Waals surface area (Å²) < 4.78 is 1.76. The van der Waals surface area contributed by atoms with Gasteiger partial charge in [0.2, 0.25) is 0 Å². The molecule has 1 heterocycles. The van der Waals surface area contributed by atoms with E-state index >= 15 is 0 Å². The third kappa shape index (κ3) is 2.28. The molecule has 86 valence electrons. The van der Waals surface area contributed by atoms with Crippen LogP contribution in [-0.4, -0.2) is 9.78 Å². The van der Waals surface area contributed by atoms with Crippen molar-refractivity contribution < 1.29 is 0 Å². The Balaban J connectivity index is 2.42. The van der Waals surface area contributed by atoms with Crippen LogP contribution in [0.15, 0.2) is 42.2 Å². The van der Waals surface area contributed by atoms with Crippen molar-refractivity contribution in [1.29, 1.82) is 10.5 Å². The van der Waals surface area contributed by atoms with Gasteiger partial charge in [0, 0.05) is 12.4 Å². The van der Waals surface area contributed by atoms with Crippen LogP contribution in [-0.2, 0) is 0 Å². The smallest absolute Gasteiger partial charge is 0.130 e. The zero-order valence-electron chi connectivity index (χ0n) is 9.83. The molecular weight excluding hydrogens is 224 g/mol. The highest BCUT2D eigenvalue weighted by Crippen LogP contribution is 2.16. The second-order valence-electron chi connectivity index (χ2n) is 3.77. The molecule has 18 heavy (non-hydrogen) atoms. The monoisotopic (exact) mass is 234 g/mol. The van der Waals surface area contributed by atoms with Crippen molar-refractivity contribution in [3.8, 4) is 17.8 Å². The molecule has 0 spiro atoms. The largest absolute Gasteiger partial charge is 0.241 e. The highest BCUT2D eigenvalue weighted by molar-refractivity contribution is 5.65. The third-order valence-corrected chi connectivity index (χ3v) is 2.56. The van der Waals surface area contributed by atoms with Gasteiger partial charge in [-0.2, -0.15) is 15.6 Å². The van der Waals surface area contributed by atoms with Crippen LogP contribution in [0.1, 0.15) is 11.1 Å². The molecule has 0 bridgehead atoms. The van der Waals surface area contributed by atoms with E-state index in [0.29, 0.717) is 0 Å². The topological polar surface area (TPSA) is 65.4 Å². The molecule has 0 saturated carbocycles. The minimum Gasteiger partial charge on any atom is -0.241 e. The molecule has 1 aromatic carbocycles. The molecule has 0 aliphatic carbocycles. The minimum atomic E-state index is 0.102. The van der Waals surface area contributed by atoms with Crippen molar-refractivity contribution >= 4 is 6.08 Å². The highest BCUT2D eigenvalue weighted by Gasteiger charge is 2.01. The molecule has 0 unspecified atom stereocenters. The van der Waals surface area contributed by atoms with Gasteiger partial charge in [0.05, 0.1) is 5.69 Å². The van der Waals surface area contributed by atoms with Gasteiger partial charge in [-0.05, 0) is 42.3 Å². The molecule has 0 atom stereocenters. The molecule has 4 nitrogen and oxygen atoms in total. The zero-order valence-corrected chi connectivity index (χ0v) is 9.83.